The molecular formula is C14H21FN2O4S. The predicted octanol–water partition coefficient (Wildman–Crippen LogP) is 1.23. The lowest BCUT2D eigenvalue weighted by Gasteiger charge is -2.19. The smallest absolute Gasteiger partial charge is 0.247 e. The van der Waals surface area contributed by atoms with Gasteiger partial charge in [0.05, 0.1) is 13.7 Å². The Balaban J connectivity index is 2.94. The molecule has 8 heteroatoms. The number of halogens is 1. The van der Waals surface area contributed by atoms with Crippen LogP contribution in [0.4, 0.5) is 4.39 Å². The molecular weight excluding hydrogens is 311 g/mol. The normalized spacial score (nSPS) is 11.8. The SMILES string of the molecule is COc1ccc(F)cc1S(=O)(=O)N(C)CC(=O)NCC(C)C. The van der Waals surface area contributed by atoms with Crippen LogP contribution in [0.1, 0.15) is 13.8 Å². The maximum absolute atomic E-state index is 13.3. The summed E-state index contributed by atoms with van der Waals surface area (Å²) in [6, 6.07) is 3.21. The molecule has 1 N–H and O–H groups in total. The maximum Gasteiger partial charge on any atom is 0.247 e. The van der Waals surface area contributed by atoms with E-state index < -0.39 is 21.7 Å². The number of hydrogen-bond donors (Lipinski definition) is 1. The maximum atomic E-state index is 13.3. The summed E-state index contributed by atoms with van der Waals surface area (Å²) in [6.45, 7) is 3.96. The molecule has 22 heavy (non-hydrogen) atoms. The van der Waals surface area contributed by atoms with Crippen LogP contribution in [0.5, 0.6) is 5.75 Å². The zero-order chi connectivity index (χ0) is 16.9. The van der Waals surface area contributed by atoms with E-state index in [1.165, 1.54) is 20.2 Å². The standard InChI is InChI=1S/C14H21FN2O4S/c1-10(2)8-16-14(18)9-17(3)22(19,20)13-7-11(15)5-6-12(13)21-4/h5-7,10H,8-9H2,1-4H3,(H,16,18). The second-order valence-electron chi connectivity index (χ2n) is 5.25. The molecule has 0 aliphatic rings. The van der Waals surface area contributed by atoms with Crippen molar-refractivity contribution in [2.24, 2.45) is 5.92 Å². The summed E-state index contributed by atoms with van der Waals surface area (Å²) in [5.41, 5.74) is 0. The van der Waals surface area contributed by atoms with Crippen LogP contribution in [-0.2, 0) is 14.8 Å². The number of sulfonamides is 1. The van der Waals surface area contributed by atoms with Crippen LogP contribution in [0.15, 0.2) is 23.1 Å². The number of nitrogens with one attached hydrogen (secondary N) is 1. The van der Waals surface area contributed by atoms with Crippen molar-refractivity contribution in [1.82, 2.24) is 9.62 Å². The van der Waals surface area contributed by atoms with Gasteiger partial charge in [-0.2, -0.15) is 4.31 Å². The Morgan fingerprint density at radius 2 is 2.05 bits per heavy atom. The third-order valence-corrected chi connectivity index (χ3v) is 4.71. The molecule has 0 heterocycles. The summed E-state index contributed by atoms with van der Waals surface area (Å²) in [4.78, 5) is 11.4. The molecule has 124 valence electrons. The molecule has 0 radical (unpaired) electrons. The number of carbonyl (C=O) groups is 1. The first kappa shape index (κ1) is 18.4. The molecule has 0 unspecified atom stereocenters. The number of amides is 1. The molecule has 1 amide bonds. The van der Waals surface area contributed by atoms with Crippen molar-refractivity contribution in [3.63, 3.8) is 0 Å². The molecule has 1 rings (SSSR count). The van der Waals surface area contributed by atoms with E-state index in [0.717, 1.165) is 16.4 Å². The van der Waals surface area contributed by atoms with Gasteiger partial charge in [0, 0.05) is 13.6 Å². The number of likely N-dealkylation sites (N-methyl/N-ethyl adjacent to an activating group) is 1. The van der Waals surface area contributed by atoms with Crippen molar-refractivity contribution < 1.29 is 22.3 Å². The number of ether oxygens (including phenoxy) is 1. The van der Waals surface area contributed by atoms with Crippen molar-refractivity contribution in [2.75, 3.05) is 27.2 Å². The monoisotopic (exact) mass is 332 g/mol. The van der Waals surface area contributed by atoms with Gasteiger partial charge in [-0.25, -0.2) is 12.8 Å². The fourth-order valence-corrected chi connectivity index (χ4v) is 2.97. The van der Waals surface area contributed by atoms with Crippen molar-refractivity contribution in [2.45, 2.75) is 18.7 Å². The van der Waals surface area contributed by atoms with Gasteiger partial charge in [-0.3, -0.25) is 4.79 Å². The Kier molecular flexibility index (Phi) is 6.31. The van der Waals surface area contributed by atoms with Crippen LogP contribution in [0, 0.1) is 11.7 Å². The van der Waals surface area contributed by atoms with Gasteiger partial charge in [-0.05, 0) is 24.1 Å². The molecule has 0 saturated heterocycles. The molecule has 0 fully saturated rings. The molecule has 0 bridgehead atoms. The largest absolute Gasteiger partial charge is 0.495 e. The molecule has 0 spiro atoms. The van der Waals surface area contributed by atoms with Crippen molar-refractivity contribution in [3.8, 4) is 5.75 Å². The lowest BCUT2D eigenvalue weighted by Crippen LogP contribution is -2.39. The van der Waals surface area contributed by atoms with Crippen LogP contribution in [0.25, 0.3) is 0 Å². The van der Waals surface area contributed by atoms with E-state index in [1.807, 2.05) is 13.8 Å². The predicted molar refractivity (Wildman–Crippen MR) is 80.6 cm³/mol. The Labute approximate surface area is 130 Å². The average Bonchev–Trinajstić information content (AvgIpc) is 2.44. The second-order valence-corrected chi connectivity index (χ2v) is 7.27. The van der Waals surface area contributed by atoms with E-state index in [4.69, 9.17) is 4.74 Å². The van der Waals surface area contributed by atoms with Crippen LogP contribution in [-0.4, -0.2) is 45.9 Å². The first-order valence-electron chi connectivity index (χ1n) is 6.75. The number of carbonyl (C=O) groups excluding carboxylic acids is 1. The van der Waals surface area contributed by atoms with Gasteiger partial charge in [0.15, 0.2) is 0 Å². The first-order chi connectivity index (χ1) is 10.2. The van der Waals surface area contributed by atoms with Gasteiger partial charge in [0.2, 0.25) is 15.9 Å². The summed E-state index contributed by atoms with van der Waals surface area (Å²) in [6.07, 6.45) is 0. The van der Waals surface area contributed by atoms with Gasteiger partial charge in [0.25, 0.3) is 0 Å². The third-order valence-electron chi connectivity index (χ3n) is 2.89. The fourth-order valence-electron chi connectivity index (χ4n) is 1.68. The van der Waals surface area contributed by atoms with Gasteiger partial charge < -0.3 is 10.1 Å². The van der Waals surface area contributed by atoms with E-state index in [2.05, 4.69) is 5.32 Å². The average molecular weight is 332 g/mol. The van der Waals surface area contributed by atoms with Crippen molar-refractivity contribution in [1.29, 1.82) is 0 Å². The molecule has 0 aromatic heterocycles. The Morgan fingerprint density at radius 1 is 1.41 bits per heavy atom. The van der Waals surface area contributed by atoms with E-state index >= 15 is 0 Å². The number of methoxy groups -OCH3 is 1. The number of hydrogen-bond acceptors (Lipinski definition) is 4. The van der Waals surface area contributed by atoms with Crippen LogP contribution in [0.3, 0.4) is 0 Å². The highest BCUT2D eigenvalue weighted by molar-refractivity contribution is 7.89. The zero-order valence-corrected chi connectivity index (χ0v) is 13.9. The van der Waals surface area contributed by atoms with Crippen LogP contribution < -0.4 is 10.1 Å². The highest BCUT2D eigenvalue weighted by atomic mass is 32.2. The van der Waals surface area contributed by atoms with Gasteiger partial charge >= 0.3 is 0 Å². The lowest BCUT2D eigenvalue weighted by atomic mass is 10.2. The molecule has 6 nitrogen and oxygen atoms in total. The highest BCUT2D eigenvalue weighted by Gasteiger charge is 2.27. The highest BCUT2D eigenvalue weighted by Crippen LogP contribution is 2.26. The number of rotatable bonds is 7. The molecule has 0 atom stereocenters. The Hall–Kier alpha value is -1.67. The van der Waals surface area contributed by atoms with E-state index in [-0.39, 0.29) is 23.1 Å². The van der Waals surface area contributed by atoms with Gasteiger partial charge in [0.1, 0.15) is 16.5 Å². The van der Waals surface area contributed by atoms with Crippen molar-refractivity contribution in [3.05, 3.63) is 24.0 Å². The minimum atomic E-state index is -4.03. The summed E-state index contributed by atoms with van der Waals surface area (Å²) < 4.78 is 44.0. The van der Waals surface area contributed by atoms with E-state index in [1.54, 1.807) is 0 Å². The number of nitrogens with zero attached hydrogens (tertiary/aromatic N) is 1. The third kappa shape index (κ3) is 4.67. The minimum absolute atomic E-state index is 0.0239. The Morgan fingerprint density at radius 3 is 2.59 bits per heavy atom. The molecule has 0 aliphatic heterocycles. The minimum Gasteiger partial charge on any atom is -0.495 e. The summed E-state index contributed by atoms with van der Waals surface area (Å²) in [7, 11) is -1.48. The van der Waals surface area contributed by atoms with E-state index in [9.17, 15) is 17.6 Å². The topological polar surface area (TPSA) is 75.7 Å². The second kappa shape index (κ2) is 7.55. The molecule has 0 aliphatic carbocycles. The van der Waals surface area contributed by atoms with Crippen LogP contribution >= 0.6 is 0 Å². The lowest BCUT2D eigenvalue weighted by molar-refractivity contribution is -0.121. The molecule has 0 saturated carbocycles. The van der Waals surface area contributed by atoms with E-state index in [0.29, 0.717) is 6.54 Å². The zero-order valence-electron chi connectivity index (χ0n) is 13.1. The fraction of sp³-hybridized carbons (Fsp3) is 0.500. The Bertz CT molecular complexity index is 632. The van der Waals surface area contributed by atoms with Crippen LogP contribution in [0.2, 0.25) is 0 Å². The van der Waals surface area contributed by atoms with Crippen molar-refractivity contribution >= 4 is 15.9 Å². The summed E-state index contributed by atoms with van der Waals surface area (Å²) in [5.74, 6) is -0.836. The number of benzene rings is 1. The molecule has 1 aromatic carbocycles. The quantitative estimate of drug-likeness (QED) is 0.815. The summed E-state index contributed by atoms with van der Waals surface area (Å²) in [5, 5.41) is 2.63. The van der Waals surface area contributed by atoms with Gasteiger partial charge in [-0.1, -0.05) is 13.8 Å². The molecule has 1 aromatic rings. The van der Waals surface area contributed by atoms with Gasteiger partial charge in [-0.15, -0.1) is 0 Å². The first-order valence-corrected chi connectivity index (χ1v) is 8.19. The summed E-state index contributed by atoms with van der Waals surface area (Å²) >= 11 is 0.